The Morgan fingerprint density at radius 3 is 2.40 bits per heavy atom. The molecule has 0 spiro atoms. The summed E-state index contributed by atoms with van der Waals surface area (Å²) >= 11 is 0. The Kier molecular flexibility index (Phi) is 4.85. The summed E-state index contributed by atoms with van der Waals surface area (Å²) in [5.41, 5.74) is 8.90. The fourth-order valence-electron chi connectivity index (χ4n) is 2.02. The van der Waals surface area contributed by atoms with Crippen molar-refractivity contribution in [2.75, 3.05) is 20.0 Å². The number of benzene rings is 2. The van der Waals surface area contributed by atoms with Crippen LogP contribution in [0, 0.1) is 0 Å². The summed E-state index contributed by atoms with van der Waals surface area (Å²) in [7, 11) is 3.30. The van der Waals surface area contributed by atoms with Crippen LogP contribution in [0.3, 0.4) is 0 Å². The minimum Gasteiger partial charge on any atom is -0.497 e. The predicted molar refractivity (Wildman–Crippen MR) is 80.9 cm³/mol. The molecule has 4 heteroatoms. The van der Waals surface area contributed by atoms with E-state index in [0.717, 1.165) is 34.9 Å². The maximum atomic E-state index is 5.91. The first-order valence-electron chi connectivity index (χ1n) is 6.49. The molecule has 106 valence electrons. The van der Waals surface area contributed by atoms with Gasteiger partial charge in [-0.2, -0.15) is 0 Å². The molecule has 2 aromatic carbocycles. The molecular weight excluding hydrogens is 252 g/mol. The van der Waals surface area contributed by atoms with E-state index in [-0.39, 0.29) is 0 Å². The van der Waals surface area contributed by atoms with E-state index in [4.69, 9.17) is 15.2 Å². The van der Waals surface area contributed by atoms with Crippen LogP contribution < -0.4 is 20.5 Å². The highest BCUT2D eigenvalue weighted by molar-refractivity contribution is 5.46. The maximum Gasteiger partial charge on any atom is 0.127 e. The molecule has 0 bridgehead atoms. The zero-order valence-corrected chi connectivity index (χ0v) is 11.8. The van der Waals surface area contributed by atoms with Gasteiger partial charge in [-0.05, 0) is 17.7 Å². The molecule has 0 amide bonds. The molecule has 0 unspecified atom stereocenters. The second kappa shape index (κ2) is 6.82. The van der Waals surface area contributed by atoms with Gasteiger partial charge in [-0.25, -0.2) is 0 Å². The minimum atomic E-state index is 0.710. The van der Waals surface area contributed by atoms with E-state index in [1.54, 1.807) is 14.2 Å². The average Bonchev–Trinajstić information content (AvgIpc) is 2.49. The molecule has 0 aliphatic carbocycles. The number of hydrogen-bond acceptors (Lipinski definition) is 4. The quantitative estimate of drug-likeness (QED) is 0.794. The third-order valence-electron chi connectivity index (χ3n) is 3.18. The van der Waals surface area contributed by atoms with Gasteiger partial charge in [0.25, 0.3) is 0 Å². The Balaban J connectivity index is 1.99. The highest BCUT2D eigenvalue weighted by Crippen LogP contribution is 2.24. The van der Waals surface area contributed by atoms with Crippen molar-refractivity contribution in [3.63, 3.8) is 0 Å². The third kappa shape index (κ3) is 3.42. The molecule has 2 aromatic rings. The lowest BCUT2D eigenvalue weighted by Crippen LogP contribution is -2.14. The molecule has 0 atom stereocenters. The summed E-state index contributed by atoms with van der Waals surface area (Å²) in [5.74, 6) is 1.61. The lowest BCUT2D eigenvalue weighted by Gasteiger charge is -2.12. The number of nitrogens with one attached hydrogen (secondary N) is 1. The van der Waals surface area contributed by atoms with Gasteiger partial charge < -0.3 is 20.5 Å². The maximum absolute atomic E-state index is 5.91. The van der Waals surface area contributed by atoms with Crippen molar-refractivity contribution in [2.45, 2.75) is 13.1 Å². The first-order valence-corrected chi connectivity index (χ1v) is 6.49. The summed E-state index contributed by atoms with van der Waals surface area (Å²) < 4.78 is 10.6. The van der Waals surface area contributed by atoms with E-state index in [2.05, 4.69) is 5.32 Å². The first-order chi connectivity index (χ1) is 9.74. The number of nitrogen functional groups attached to an aromatic ring is 1. The lowest BCUT2D eigenvalue weighted by molar-refractivity contribution is 0.390. The Morgan fingerprint density at radius 1 is 0.950 bits per heavy atom. The summed E-state index contributed by atoms with van der Waals surface area (Å²) in [6, 6.07) is 13.7. The van der Waals surface area contributed by atoms with Crippen LogP contribution >= 0.6 is 0 Å². The van der Waals surface area contributed by atoms with Crippen LogP contribution in [-0.4, -0.2) is 14.2 Å². The topological polar surface area (TPSA) is 56.5 Å². The minimum absolute atomic E-state index is 0.710. The zero-order valence-electron chi connectivity index (χ0n) is 11.8. The van der Waals surface area contributed by atoms with Crippen molar-refractivity contribution in [2.24, 2.45) is 0 Å². The molecule has 0 aromatic heterocycles. The van der Waals surface area contributed by atoms with E-state index in [9.17, 15) is 0 Å². The van der Waals surface area contributed by atoms with Crippen LogP contribution in [-0.2, 0) is 13.1 Å². The number of nitrogens with two attached hydrogens (primary N) is 1. The number of anilines is 1. The van der Waals surface area contributed by atoms with E-state index in [1.165, 1.54) is 0 Å². The van der Waals surface area contributed by atoms with Crippen molar-refractivity contribution in [1.82, 2.24) is 5.32 Å². The molecule has 4 nitrogen and oxygen atoms in total. The monoisotopic (exact) mass is 272 g/mol. The highest BCUT2D eigenvalue weighted by atomic mass is 16.5. The molecule has 0 radical (unpaired) electrons. The summed E-state index contributed by atoms with van der Waals surface area (Å²) in [6.07, 6.45) is 0. The van der Waals surface area contributed by atoms with Crippen LogP contribution in [0.4, 0.5) is 5.69 Å². The van der Waals surface area contributed by atoms with Crippen LogP contribution in [0.5, 0.6) is 11.5 Å². The Labute approximate surface area is 119 Å². The third-order valence-corrected chi connectivity index (χ3v) is 3.18. The van der Waals surface area contributed by atoms with Crippen molar-refractivity contribution >= 4 is 5.69 Å². The van der Waals surface area contributed by atoms with Crippen molar-refractivity contribution in [1.29, 1.82) is 0 Å². The van der Waals surface area contributed by atoms with Crippen LogP contribution in [0.15, 0.2) is 42.5 Å². The standard InChI is InChI=1S/C16H20N2O2/c1-19-14-8-7-13(16(9-14)20-2)11-18-10-12-5-3-4-6-15(12)17/h3-9,18H,10-11,17H2,1-2H3. The molecule has 0 aliphatic heterocycles. The Bertz CT molecular complexity index is 570. The van der Waals surface area contributed by atoms with Gasteiger partial charge >= 0.3 is 0 Å². The van der Waals surface area contributed by atoms with Gasteiger partial charge in [0.1, 0.15) is 11.5 Å². The highest BCUT2D eigenvalue weighted by Gasteiger charge is 2.05. The molecule has 2 rings (SSSR count). The number of hydrogen-bond donors (Lipinski definition) is 2. The molecule has 0 saturated heterocycles. The second-order valence-corrected chi connectivity index (χ2v) is 4.48. The zero-order chi connectivity index (χ0) is 14.4. The number of ether oxygens (including phenoxy) is 2. The second-order valence-electron chi connectivity index (χ2n) is 4.48. The largest absolute Gasteiger partial charge is 0.497 e. The van der Waals surface area contributed by atoms with E-state index < -0.39 is 0 Å². The summed E-state index contributed by atoms with van der Waals surface area (Å²) in [6.45, 7) is 1.43. The summed E-state index contributed by atoms with van der Waals surface area (Å²) in [5, 5.41) is 3.37. The van der Waals surface area contributed by atoms with Gasteiger partial charge in [0.15, 0.2) is 0 Å². The fraction of sp³-hybridized carbons (Fsp3) is 0.250. The fourth-order valence-corrected chi connectivity index (χ4v) is 2.02. The van der Waals surface area contributed by atoms with Crippen LogP contribution in [0.25, 0.3) is 0 Å². The van der Waals surface area contributed by atoms with Gasteiger partial charge in [-0.15, -0.1) is 0 Å². The Morgan fingerprint density at radius 2 is 1.70 bits per heavy atom. The smallest absolute Gasteiger partial charge is 0.127 e. The van der Waals surface area contributed by atoms with Gasteiger partial charge in [-0.1, -0.05) is 24.3 Å². The molecule has 0 heterocycles. The normalized spacial score (nSPS) is 10.3. The molecule has 20 heavy (non-hydrogen) atoms. The van der Waals surface area contributed by atoms with E-state index in [0.29, 0.717) is 6.54 Å². The van der Waals surface area contributed by atoms with Gasteiger partial charge in [0.05, 0.1) is 14.2 Å². The SMILES string of the molecule is COc1ccc(CNCc2ccccc2N)c(OC)c1. The van der Waals surface area contributed by atoms with Gasteiger partial charge in [-0.3, -0.25) is 0 Å². The summed E-state index contributed by atoms with van der Waals surface area (Å²) in [4.78, 5) is 0. The lowest BCUT2D eigenvalue weighted by atomic mass is 10.1. The van der Waals surface area contributed by atoms with Crippen LogP contribution in [0.2, 0.25) is 0 Å². The molecule has 0 aliphatic rings. The van der Waals surface area contributed by atoms with E-state index >= 15 is 0 Å². The molecular formula is C16H20N2O2. The van der Waals surface area contributed by atoms with Gasteiger partial charge in [0, 0.05) is 30.4 Å². The molecule has 3 N–H and O–H groups in total. The Hall–Kier alpha value is -2.20. The number of rotatable bonds is 6. The number of methoxy groups -OCH3 is 2. The number of para-hydroxylation sites is 1. The van der Waals surface area contributed by atoms with Crippen molar-refractivity contribution in [3.05, 3.63) is 53.6 Å². The average molecular weight is 272 g/mol. The van der Waals surface area contributed by atoms with Gasteiger partial charge in [0.2, 0.25) is 0 Å². The first kappa shape index (κ1) is 14.2. The molecule has 0 saturated carbocycles. The van der Waals surface area contributed by atoms with Crippen molar-refractivity contribution < 1.29 is 9.47 Å². The van der Waals surface area contributed by atoms with E-state index in [1.807, 2.05) is 42.5 Å². The molecule has 0 fully saturated rings. The van der Waals surface area contributed by atoms with Crippen molar-refractivity contribution in [3.8, 4) is 11.5 Å². The predicted octanol–water partition coefficient (Wildman–Crippen LogP) is 2.58. The van der Waals surface area contributed by atoms with Crippen LogP contribution in [0.1, 0.15) is 11.1 Å².